The van der Waals surface area contributed by atoms with E-state index < -0.39 is 0 Å². The third kappa shape index (κ3) is 5.73. The summed E-state index contributed by atoms with van der Waals surface area (Å²) in [5.41, 5.74) is 6.54. The Balaban J connectivity index is 1.23. The molecule has 0 unspecified atom stereocenters. The second-order valence-corrected chi connectivity index (χ2v) is 9.31. The summed E-state index contributed by atoms with van der Waals surface area (Å²) in [4.78, 5) is 21.9. The van der Waals surface area contributed by atoms with E-state index in [2.05, 4.69) is 44.9 Å². The van der Waals surface area contributed by atoms with Gasteiger partial charge in [0.2, 0.25) is 5.91 Å². The normalized spacial score (nSPS) is 15.0. The summed E-state index contributed by atoms with van der Waals surface area (Å²) in [5, 5.41) is 9.57. The molecular formula is C25H31N5OS. The van der Waals surface area contributed by atoms with E-state index in [1.54, 1.807) is 11.3 Å². The molecule has 2 aromatic carbocycles. The zero-order valence-electron chi connectivity index (χ0n) is 19.0. The molecule has 0 spiro atoms. The molecule has 168 valence electrons. The minimum atomic E-state index is 0.0577. The van der Waals surface area contributed by atoms with Crippen molar-refractivity contribution in [1.82, 2.24) is 14.8 Å². The van der Waals surface area contributed by atoms with Crippen molar-refractivity contribution < 1.29 is 4.79 Å². The summed E-state index contributed by atoms with van der Waals surface area (Å²) in [6, 6.07) is 14.3. The van der Waals surface area contributed by atoms with Gasteiger partial charge >= 0.3 is 0 Å². The first-order valence-corrected chi connectivity index (χ1v) is 11.9. The third-order valence-corrected chi connectivity index (χ3v) is 6.71. The van der Waals surface area contributed by atoms with Gasteiger partial charge in [-0.15, -0.1) is 11.3 Å². The Hall–Kier alpha value is -2.74. The quantitative estimate of drug-likeness (QED) is 0.553. The van der Waals surface area contributed by atoms with E-state index in [4.69, 9.17) is 4.98 Å². The maximum Gasteiger partial charge on any atom is 0.238 e. The van der Waals surface area contributed by atoms with Crippen LogP contribution >= 0.6 is 11.3 Å². The third-order valence-electron chi connectivity index (χ3n) is 5.90. The molecule has 4 rings (SSSR count). The highest BCUT2D eigenvalue weighted by atomic mass is 32.1. The Morgan fingerprint density at radius 1 is 0.938 bits per heavy atom. The van der Waals surface area contributed by atoms with Crippen LogP contribution in [0.1, 0.15) is 22.4 Å². The van der Waals surface area contributed by atoms with Gasteiger partial charge in [0.1, 0.15) is 0 Å². The van der Waals surface area contributed by atoms with E-state index in [1.165, 1.54) is 5.56 Å². The lowest BCUT2D eigenvalue weighted by molar-refractivity contribution is -0.117. The lowest BCUT2D eigenvalue weighted by Gasteiger charge is -2.33. The minimum absolute atomic E-state index is 0.0577. The molecular weight excluding hydrogens is 418 g/mol. The predicted molar refractivity (Wildman–Crippen MR) is 133 cm³/mol. The lowest BCUT2D eigenvalue weighted by Crippen LogP contribution is -2.48. The Morgan fingerprint density at radius 2 is 1.59 bits per heavy atom. The van der Waals surface area contributed by atoms with Crippen LogP contribution in [0, 0.1) is 20.8 Å². The van der Waals surface area contributed by atoms with Crippen LogP contribution in [-0.2, 0) is 11.3 Å². The van der Waals surface area contributed by atoms with Crippen LogP contribution < -0.4 is 10.6 Å². The molecule has 1 fully saturated rings. The number of carbonyl (C=O) groups excluding carboxylic acids is 1. The lowest BCUT2D eigenvalue weighted by atomic mass is 10.1. The molecule has 0 saturated carbocycles. The van der Waals surface area contributed by atoms with Crippen LogP contribution in [0.2, 0.25) is 0 Å². The highest BCUT2D eigenvalue weighted by molar-refractivity contribution is 7.13. The van der Waals surface area contributed by atoms with Gasteiger partial charge in [-0.25, -0.2) is 4.98 Å². The Kier molecular flexibility index (Phi) is 7.19. The van der Waals surface area contributed by atoms with Crippen molar-refractivity contribution in [3.05, 3.63) is 70.2 Å². The van der Waals surface area contributed by atoms with E-state index in [-0.39, 0.29) is 5.91 Å². The minimum Gasteiger partial charge on any atom is -0.331 e. The maximum atomic E-state index is 12.6. The second-order valence-electron chi connectivity index (χ2n) is 8.45. The number of carbonyl (C=O) groups is 1. The zero-order chi connectivity index (χ0) is 22.5. The van der Waals surface area contributed by atoms with Gasteiger partial charge in [-0.1, -0.05) is 36.4 Å². The molecule has 0 radical (unpaired) electrons. The fourth-order valence-corrected chi connectivity index (χ4v) is 4.71. The summed E-state index contributed by atoms with van der Waals surface area (Å²) in [6.45, 7) is 11.1. The molecule has 6 nitrogen and oxygen atoms in total. The number of aromatic nitrogens is 1. The molecule has 2 N–H and O–H groups in total. The molecule has 3 aromatic rings. The average molecular weight is 450 g/mol. The summed E-state index contributed by atoms with van der Waals surface area (Å²) < 4.78 is 0. The van der Waals surface area contributed by atoms with Crippen LogP contribution in [0.5, 0.6) is 0 Å². The van der Waals surface area contributed by atoms with E-state index in [1.807, 2.05) is 44.2 Å². The van der Waals surface area contributed by atoms with Gasteiger partial charge in [0.15, 0.2) is 5.13 Å². The van der Waals surface area contributed by atoms with Crippen LogP contribution in [0.25, 0.3) is 0 Å². The Bertz CT molecular complexity index is 1050. The monoisotopic (exact) mass is 449 g/mol. The molecule has 2 heterocycles. The van der Waals surface area contributed by atoms with Gasteiger partial charge in [0.05, 0.1) is 12.2 Å². The van der Waals surface area contributed by atoms with Gasteiger partial charge in [-0.05, 0) is 43.5 Å². The van der Waals surface area contributed by atoms with Gasteiger partial charge in [-0.2, -0.15) is 0 Å². The van der Waals surface area contributed by atoms with Crippen molar-refractivity contribution in [3.8, 4) is 0 Å². The summed E-state index contributed by atoms with van der Waals surface area (Å²) in [7, 11) is 0. The standard InChI is InChI=1S/C25H31N5OS/c1-18-7-4-5-10-22(18)27-25-26-21(17-32-25)15-29-11-13-30(14-12-29)16-23(31)28-24-19(2)8-6-9-20(24)3/h4-10,17H,11-16H2,1-3H3,(H,26,27)(H,28,31). The SMILES string of the molecule is Cc1ccccc1Nc1nc(CN2CCN(CC(=O)Nc3c(C)cccc3C)CC2)cs1. The van der Waals surface area contributed by atoms with E-state index in [0.29, 0.717) is 6.54 Å². The molecule has 0 aliphatic carbocycles. The first-order valence-electron chi connectivity index (χ1n) is 11.1. The first kappa shape index (κ1) is 22.5. The number of para-hydroxylation sites is 2. The molecule has 1 aliphatic rings. The number of hydrogen-bond acceptors (Lipinski definition) is 6. The fraction of sp³-hybridized carbons (Fsp3) is 0.360. The number of piperazine rings is 1. The number of rotatable bonds is 7. The van der Waals surface area contributed by atoms with Crippen LogP contribution in [0.15, 0.2) is 47.8 Å². The summed E-state index contributed by atoms with van der Waals surface area (Å²) in [6.07, 6.45) is 0. The van der Waals surface area contributed by atoms with Gasteiger partial charge < -0.3 is 10.6 Å². The Morgan fingerprint density at radius 3 is 2.31 bits per heavy atom. The molecule has 1 saturated heterocycles. The highest BCUT2D eigenvalue weighted by Crippen LogP contribution is 2.24. The highest BCUT2D eigenvalue weighted by Gasteiger charge is 2.20. The smallest absolute Gasteiger partial charge is 0.238 e. The van der Waals surface area contributed by atoms with E-state index in [0.717, 1.165) is 66.1 Å². The number of amides is 1. The second kappa shape index (κ2) is 10.3. The fourth-order valence-electron chi connectivity index (χ4n) is 3.99. The first-order chi connectivity index (χ1) is 15.5. The topological polar surface area (TPSA) is 60.5 Å². The van der Waals surface area contributed by atoms with Crippen LogP contribution in [0.4, 0.5) is 16.5 Å². The number of nitrogens with one attached hydrogen (secondary N) is 2. The summed E-state index contributed by atoms with van der Waals surface area (Å²) >= 11 is 1.64. The van der Waals surface area contributed by atoms with Crippen molar-refractivity contribution in [1.29, 1.82) is 0 Å². The van der Waals surface area contributed by atoms with Crippen molar-refractivity contribution in [2.45, 2.75) is 27.3 Å². The number of thiazole rings is 1. The van der Waals surface area contributed by atoms with Crippen molar-refractivity contribution in [3.63, 3.8) is 0 Å². The van der Waals surface area contributed by atoms with Gasteiger partial charge in [-0.3, -0.25) is 14.6 Å². The van der Waals surface area contributed by atoms with E-state index in [9.17, 15) is 4.79 Å². The molecule has 1 aromatic heterocycles. The molecule has 1 aliphatic heterocycles. The molecule has 7 heteroatoms. The van der Waals surface area contributed by atoms with E-state index >= 15 is 0 Å². The Labute approximate surface area is 194 Å². The predicted octanol–water partition coefficient (Wildman–Crippen LogP) is 4.57. The van der Waals surface area contributed by atoms with Crippen molar-refractivity contribution in [2.24, 2.45) is 0 Å². The maximum absolute atomic E-state index is 12.6. The number of anilines is 3. The molecule has 32 heavy (non-hydrogen) atoms. The van der Waals surface area contributed by atoms with Crippen LogP contribution in [-0.4, -0.2) is 53.4 Å². The van der Waals surface area contributed by atoms with Crippen molar-refractivity contribution >= 4 is 33.8 Å². The largest absolute Gasteiger partial charge is 0.331 e. The van der Waals surface area contributed by atoms with Gasteiger partial charge in [0.25, 0.3) is 0 Å². The average Bonchev–Trinajstić information content (AvgIpc) is 3.21. The molecule has 0 atom stereocenters. The molecule has 1 amide bonds. The number of hydrogen-bond donors (Lipinski definition) is 2. The molecule has 0 bridgehead atoms. The van der Waals surface area contributed by atoms with Crippen molar-refractivity contribution in [2.75, 3.05) is 43.4 Å². The van der Waals surface area contributed by atoms with Crippen LogP contribution in [0.3, 0.4) is 0 Å². The zero-order valence-corrected chi connectivity index (χ0v) is 19.8. The number of nitrogens with zero attached hydrogens (tertiary/aromatic N) is 3. The van der Waals surface area contributed by atoms with Gasteiger partial charge in [0, 0.05) is 49.5 Å². The number of benzene rings is 2. The number of aryl methyl sites for hydroxylation is 3. The summed E-state index contributed by atoms with van der Waals surface area (Å²) in [5.74, 6) is 0.0577.